The Morgan fingerprint density at radius 1 is 0.851 bits per heavy atom. The van der Waals surface area contributed by atoms with Gasteiger partial charge in [0.25, 0.3) is 10.0 Å². The van der Waals surface area contributed by atoms with Gasteiger partial charge >= 0.3 is 0 Å². The molecule has 0 bridgehead atoms. The minimum Gasteiger partial charge on any atom is -0.494 e. The molecule has 0 aromatic heterocycles. The molecule has 4 aromatic rings. The van der Waals surface area contributed by atoms with E-state index in [1.807, 2.05) is 25.1 Å². The van der Waals surface area contributed by atoms with E-state index >= 15 is 4.39 Å². The topological polar surface area (TPSA) is 96.0 Å². The minimum absolute atomic E-state index is 0.0801. The number of hydrogen-bond acceptors (Lipinski definition) is 5. The van der Waals surface area contributed by atoms with Crippen molar-refractivity contribution in [3.63, 3.8) is 0 Å². The van der Waals surface area contributed by atoms with Crippen molar-refractivity contribution in [2.24, 2.45) is 0 Å². The van der Waals surface area contributed by atoms with Gasteiger partial charge < -0.3 is 15.0 Å². The summed E-state index contributed by atoms with van der Waals surface area (Å²) in [5.74, 6) is -1.96. The Kier molecular flexibility index (Phi) is 11.4. The molecule has 0 spiro atoms. The molecule has 4 aromatic carbocycles. The van der Waals surface area contributed by atoms with Crippen molar-refractivity contribution in [3.05, 3.63) is 126 Å². The van der Waals surface area contributed by atoms with Gasteiger partial charge in [-0.3, -0.25) is 13.9 Å². The molecule has 1 atom stereocenters. The first kappa shape index (κ1) is 35.1. The lowest BCUT2D eigenvalue weighted by molar-refractivity contribution is -0.140. The van der Waals surface area contributed by atoms with Crippen LogP contribution in [-0.2, 0) is 32.6 Å². The Labute approximate surface area is 275 Å². The third-order valence-electron chi connectivity index (χ3n) is 7.18. The van der Waals surface area contributed by atoms with E-state index in [2.05, 4.69) is 5.32 Å². The number of amides is 2. The van der Waals surface area contributed by atoms with Gasteiger partial charge in [-0.15, -0.1) is 0 Å². The highest BCUT2D eigenvalue weighted by Gasteiger charge is 2.36. The van der Waals surface area contributed by atoms with Crippen LogP contribution in [-0.4, -0.2) is 49.9 Å². The number of carbonyl (C=O) groups excluding carboxylic acids is 2. The summed E-state index contributed by atoms with van der Waals surface area (Å²) >= 11 is 0. The molecule has 0 heterocycles. The summed E-state index contributed by atoms with van der Waals surface area (Å²) in [6, 6.07) is 24.2. The largest absolute Gasteiger partial charge is 0.494 e. The number of halogens is 2. The standard InChI is InChI=1S/C36H39F2N3O5S/c1-5-46-30-19-17-29(18-20-30)41(47(44,45)31-21-15-28(37)16-22-31)25-34(42)40(24-27-13-9-10-14-32(27)38)33(35(43)39-36(2,3)4)23-26-11-7-6-8-12-26/h6-22,33H,5,23-25H2,1-4H3,(H,39,43). The second kappa shape index (κ2) is 15.2. The molecule has 0 aliphatic rings. The first-order valence-corrected chi connectivity index (χ1v) is 16.6. The van der Waals surface area contributed by atoms with E-state index in [1.54, 1.807) is 51.1 Å². The maximum atomic E-state index is 15.1. The van der Waals surface area contributed by atoms with E-state index in [4.69, 9.17) is 4.74 Å². The fourth-order valence-corrected chi connectivity index (χ4v) is 6.37. The van der Waals surface area contributed by atoms with Gasteiger partial charge in [0.05, 0.1) is 17.2 Å². The van der Waals surface area contributed by atoms with Crippen molar-refractivity contribution in [1.82, 2.24) is 10.2 Å². The maximum absolute atomic E-state index is 15.1. The summed E-state index contributed by atoms with van der Waals surface area (Å²) in [5, 5.41) is 2.93. The van der Waals surface area contributed by atoms with Crippen LogP contribution in [0, 0.1) is 11.6 Å². The Hall–Kier alpha value is -4.77. The van der Waals surface area contributed by atoms with Gasteiger partial charge in [-0.2, -0.15) is 0 Å². The SMILES string of the molecule is CCOc1ccc(N(CC(=O)N(Cc2ccccc2F)C(Cc2ccccc2)C(=O)NC(C)(C)C)S(=O)(=O)c2ccc(F)cc2)cc1. The minimum atomic E-state index is -4.44. The number of anilines is 1. The molecule has 1 N–H and O–H groups in total. The fourth-order valence-electron chi connectivity index (χ4n) is 4.95. The molecule has 0 aliphatic heterocycles. The smallest absolute Gasteiger partial charge is 0.264 e. The van der Waals surface area contributed by atoms with Gasteiger partial charge in [-0.25, -0.2) is 17.2 Å². The monoisotopic (exact) mass is 663 g/mol. The lowest BCUT2D eigenvalue weighted by atomic mass is 10.0. The number of benzene rings is 4. The molecule has 47 heavy (non-hydrogen) atoms. The van der Waals surface area contributed by atoms with Crippen LogP contribution in [0.3, 0.4) is 0 Å². The Morgan fingerprint density at radius 3 is 2.06 bits per heavy atom. The molecule has 0 aliphatic carbocycles. The third-order valence-corrected chi connectivity index (χ3v) is 8.97. The number of carbonyl (C=O) groups is 2. The predicted molar refractivity (Wildman–Crippen MR) is 177 cm³/mol. The number of rotatable bonds is 13. The summed E-state index contributed by atoms with van der Waals surface area (Å²) in [6.07, 6.45) is 0.0801. The molecule has 11 heteroatoms. The summed E-state index contributed by atoms with van der Waals surface area (Å²) in [7, 11) is -4.44. The Morgan fingerprint density at radius 2 is 1.47 bits per heavy atom. The van der Waals surface area contributed by atoms with Gasteiger partial charge in [0, 0.05) is 24.1 Å². The molecule has 0 saturated heterocycles. The van der Waals surface area contributed by atoms with Crippen molar-refractivity contribution >= 4 is 27.5 Å². The maximum Gasteiger partial charge on any atom is 0.264 e. The molecular formula is C36H39F2N3O5S. The van der Waals surface area contributed by atoms with Crippen LogP contribution in [0.2, 0.25) is 0 Å². The number of ether oxygens (including phenoxy) is 1. The zero-order valence-corrected chi connectivity index (χ0v) is 27.6. The van der Waals surface area contributed by atoms with E-state index in [0.717, 1.165) is 34.1 Å². The van der Waals surface area contributed by atoms with Gasteiger partial charge in [0.15, 0.2) is 0 Å². The molecule has 4 rings (SSSR count). The average Bonchev–Trinajstić information content (AvgIpc) is 3.02. The van der Waals surface area contributed by atoms with Crippen LogP contribution < -0.4 is 14.4 Å². The fraction of sp³-hybridized carbons (Fsp3) is 0.278. The summed E-state index contributed by atoms with van der Waals surface area (Å²) < 4.78 is 63.4. The third kappa shape index (κ3) is 9.38. The Bertz CT molecular complexity index is 1760. The first-order chi connectivity index (χ1) is 22.3. The highest BCUT2D eigenvalue weighted by molar-refractivity contribution is 7.92. The molecule has 248 valence electrons. The van der Waals surface area contributed by atoms with Gasteiger partial charge in [0.1, 0.15) is 30.0 Å². The highest BCUT2D eigenvalue weighted by Crippen LogP contribution is 2.27. The molecule has 2 amide bonds. The molecule has 0 fully saturated rings. The van der Waals surface area contributed by atoms with Crippen LogP contribution >= 0.6 is 0 Å². The van der Waals surface area contributed by atoms with Crippen molar-refractivity contribution in [2.75, 3.05) is 17.5 Å². The second-order valence-corrected chi connectivity index (χ2v) is 13.8. The zero-order chi connectivity index (χ0) is 34.2. The zero-order valence-electron chi connectivity index (χ0n) is 26.8. The summed E-state index contributed by atoms with van der Waals surface area (Å²) in [6.45, 7) is 6.55. The van der Waals surface area contributed by atoms with E-state index in [9.17, 15) is 22.4 Å². The number of nitrogens with zero attached hydrogens (tertiary/aromatic N) is 2. The molecule has 1 unspecified atom stereocenters. The van der Waals surface area contributed by atoms with Crippen molar-refractivity contribution in [2.45, 2.75) is 57.1 Å². The molecule has 0 saturated carbocycles. The van der Waals surface area contributed by atoms with E-state index < -0.39 is 51.6 Å². The summed E-state index contributed by atoms with van der Waals surface area (Å²) in [5.41, 5.74) is 0.362. The van der Waals surface area contributed by atoms with Gasteiger partial charge in [-0.05, 0) is 87.9 Å². The van der Waals surface area contributed by atoms with E-state index in [-0.39, 0.29) is 29.1 Å². The summed E-state index contributed by atoms with van der Waals surface area (Å²) in [4.78, 5) is 29.4. The Balaban J connectivity index is 1.82. The molecular weight excluding hydrogens is 624 g/mol. The lowest BCUT2D eigenvalue weighted by Crippen LogP contribution is -2.56. The van der Waals surface area contributed by atoms with Crippen LogP contribution in [0.25, 0.3) is 0 Å². The van der Waals surface area contributed by atoms with Crippen LogP contribution in [0.5, 0.6) is 5.75 Å². The number of sulfonamides is 1. The second-order valence-electron chi connectivity index (χ2n) is 12.0. The van der Waals surface area contributed by atoms with Crippen molar-refractivity contribution in [1.29, 1.82) is 0 Å². The van der Waals surface area contributed by atoms with Gasteiger partial charge in [0.2, 0.25) is 11.8 Å². The first-order valence-electron chi connectivity index (χ1n) is 15.2. The van der Waals surface area contributed by atoms with E-state index in [0.29, 0.717) is 12.4 Å². The van der Waals surface area contributed by atoms with Crippen LogP contribution in [0.4, 0.5) is 14.5 Å². The molecule has 0 radical (unpaired) electrons. The van der Waals surface area contributed by atoms with Crippen LogP contribution in [0.15, 0.2) is 108 Å². The number of nitrogens with one attached hydrogen (secondary N) is 1. The quantitative estimate of drug-likeness (QED) is 0.186. The average molecular weight is 664 g/mol. The highest BCUT2D eigenvalue weighted by atomic mass is 32.2. The number of hydrogen-bond donors (Lipinski definition) is 1. The van der Waals surface area contributed by atoms with Crippen molar-refractivity contribution in [3.8, 4) is 5.75 Å². The molecule has 8 nitrogen and oxygen atoms in total. The lowest BCUT2D eigenvalue weighted by Gasteiger charge is -2.35. The predicted octanol–water partition coefficient (Wildman–Crippen LogP) is 6.11. The van der Waals surface area contributed by atoms with Crippen molar-refractivity contribution < 1.29 is 31.5 Å². The van der Waals surface area contributed by atoms with Gasteiger partial charge in [-0.1, -0.05) is 48.5 Å². The van der Waals surface area contributed by atoms with Crippen LogP contribution in [0.1, 0.15) is 38.8 Å². The van der Waals surface area contributed by atoms with E-state index in [1.165, 1.54) is 35.2 Å². The normalized spacial score (nSPS) is 12.2.